The predicted octanol–water partition coefficient (Wildman–Crippen LogP) is 2.86. The number of halogens is 5. The van der Waals surface area contributed by atoms with E-state index < -0.39 is 64.6 Å². The zero-order valence-corrected chi connectivity index (χ0v) is 13.8. The maximum atomic E-state index is 13.8. The summed E-state index contributed by atoms with van der Waals surface area (Å²) in [6, 6.07) is 7.12. The third-order valence-electron chi connectivity index (χ3n) is 3.73. The lowest BCUT2D eigenvalue weighted by Crippen LogP contribution is -2.24. The van der Waals surface area contributed by atoms with Crippen LogP contribution in [0.25, 0.3) is 0 Å². The minimum atomic E-state index is -2.48. The van der Waals surface area contributed by atoms with Gasteiger partial charge in [-0.3, -0.25) is 4.79 Å². The Morgan fingerprint density at radius 1 is 0.929 bits per heavy atom. The highest BCUT2D eigenvalue weighted by molar-refractivity contribution is 6.23. The monoisotopic (exact) mass is 401 g/mol. The topological polar surface area (TPSA) is 86.6 Å². The number of rotatable bonds is 7. The molecule has 0 bridgehead atoms. The van der Waals surface area contributed by atoms with Gasteiger partial charge in [0.25, 0.3) is 0 Å². The van der Waals surface area contributed by atoms with Gasteiger partial charge in [0.1, 0.15) is 11.1 Å². The van der Waals surface area contributed by atoms with Crippen LogP contribution in [0.1, 0.15) is 22.0 Å². The fraction of sp³-hybridized carbons (Fsp3) is 0.111. The summed E-state index contributed by atoms with van der Waals surface area (Å²) in [5.74, 6) is -16.0. The average Bonchev–Trinajstić information content (AvgIpc) is 2.68. The summed E-state index contributed by atoms with van der Waals surface area (Å²) in [7, 11) is 0. The maximum Gasteiger partial charge on any atom is 0.341 e. The van der Waals surface area contributed by atoms with E-state index in [4.69, 9.17) is 5.11 Å². The molecule has 0 spiro atoms. The van der Waals surface area contributed by atoms with E-state index in [0.717, 1.165) is 0 Å². The molecule has 0 fully saturated rings. The second-order valence-electron chi connectivity index (χ2n) is 5.45. The molecule has 0 aliphatic rings. The Hall–Kier alpha value is -3.27. The molecule has 0 amide bonds. The van der Waals surface area contributed by atoms with E-state index in [1.807, 2.05) is 0 Å². The van der Waals surface area contributed by atoms with Crippen LogP contribution in [0.3, 0.4) is 0 Å². The number of carbonyl (C=O) groups excluding carboxylic acids is 1. The highest BCUT2D eigenvalue weighted by Crippen LogP contribution is 2.25. The molecule has 2 aromatic rings. The minimum absolute atomic E-state index is 0.481. The van der Waals surface area contributed by atoms with Crippen molar-refractivity contribution in [3.05, 3.63) is 82.3 Å². The van der Waals surface area contributed by atoms with Crippen molar-refractivity contribution in [2.24, 2.45) is 0 Å². The van der Waals surface area contributed by atoms with Crippen LogP contribution in [-0.4, -0.2) is 28.6 Å². The van der Waals surface area contributed by atoms with E-state index in [0.29, 0.717) is 11.8 Å². The van der Waals surface area contributed by atoms with Crippen LogP contribution in [0.15, 0.2) is 42.1 Å². The van der Waals surface area contributed by atoms with Gasteiger partial charge < -0.3 is 15.5 Å². The number of carboxylic acid groups (broad SMARTS) is 1. The fourth-order valence-electron chi connectivity index (χ4n) is 2.29. The zero-order valence-electron chi connectivity index (χ0n) is 13.8. The second-order valence-corrected chi connectivity index (χ2v) is 5.45. The number of nitrogens with one attached hydrogen (secondary N) is 1. The van der Waals surface area contributed by atoms with Gasteiger partial charge in [0.05, 0.1) is 12.6 Å². The third kappa shape index (κ3) is 4.01. The van der Waals surface area contributed by atoms with E-state index in [9.17, 15) is 36.6 Å². The van der Waals surface area contributed by atoms with Crippen molar-refractivity contribution >= 4 is 11.8 Å². The number of hydrogen-bond acceptors (Lipinski definition) is 4. The predicted molar refractivity (Wildman–Crippen MR) is 85.7 cm³/mol. The van der Waals surface area contributed by atoms with Gasteiger partial charge in [0.15, 0.2) is 23.3 Å². The number of benzene rings is 2. The molecular weight excluding hydrogens is 389 g/mol. The first-order valence-electron chi connectivity index (χ1n) is 7.62. The van der Waals surface area contributed by atoms with E-state index in [1.54, 1.807) is 30.3 Å². The number of ketones is 1. The molecule has 28 heavy (non-hydrogen) atoms. The zero-order chi connectivity index (χ0) is 21.0. The van der Waals surface area contributed by atoms with Gasteiger partial charge in [-0.15, -0.1) is 0 Å². The molecule has 0 radical (unpaired) electrons. The molecule has 1 atom stereocenters. The Balaban J connectivity index is 2.46. The van der Waals surface area contributed by atoms with Crippen molar-refractivity contribution in [2.75, 3.05) is 6.61 Å². The highest BCUT2D eigenvalue weighted by Gasteiger charge is 2.33. The summed E-state index contributed by atoms with van der Waals surface area (Å²) in [6.07, 6.45) is 0.524. The summed E-state index contributed by atoms with van der Waals surface area (Å²) in [5.41, 5.74) is -2.71. The normalized spacial score (nSPS) is 12.6. The molecule has 1 unspecified atom stereocenters. The van der Waals surface area contributed by atoms with Gasteiger partial charge in [0.2, 0.25) is 11.6 Å². The largest absolute Gasteiger partial charge is 0.477 e. The molecule has 3 N–H and O–H groups in total. The van der Waals surface area contributed by atoms with Crippen LogP contribution >= 0.6 is 0 Å². The molecule has 2 aromatic carbocycles. The van der Waals surface area contributed by atoms with Gasteiger partial charge in [-0.2, -0.15) is 0 Å². The molecule has 10 heteroatoms. The van der Waals surface area contributed by atoms with Crippen molar-refractivity contribution in [3.8, 4) is 0 Å². The lowest BCUT2D eigenvalue weighted by molar-refractivity contribution is -0.132. The van der Waals surface area contributed by atoms with Crippen molar-refractivity contribution in [2.45, 2.75) is 6.04 Å². The van der Waals surface area contributed by atoms with Crippen molar-refractivity contribution in [3.63, 3.8) is 0 Å². The van der Waals surface area contributed by atoms with Crippen LogP contribution in [0.4, 0.5) is 22.0 Å². The lowest BCUT2D eigenvalue weighted by Gasteiger charge is -2.16. The molecule has 5 nitrogen and oxygen atoms in total. The van der Waals surface area contributed by atoms with E-state index in [2.05, 4.69) is 5.32 Å². The highest BCUT2D eigenvalue weighted by atomic mass is 19.2. The number of carboxylic acids is 1. The Kier molecular flexibility index (Phi) is 6.47. The van der Waals surface area contributed by atoms with Crippen LogP contribution in [0.2, 0.25) is 0 Å². The second kappa shape index (κ2) is 8.61. The molecule has 0 aliphatic carbocycles. The van der Waals surface area contributed by atoms with Gasteiger partial charge in [-0.25, -0.2) is 26.7 Å². The van der Waals surface area contributed by atoms with Gasteiger partial charge >= 0.3 is 5.97 Å². The van der Waals surface area contributed by atoms with Gasteiger partial charge in [-0.1, -0.05) is 30.3 Å². The van der Waals surface area contributed by atoms with Crippen LogP contribution in [0.5, 0.6) is 0 Å². The van der Waals surface area contributed by atoms with Crippen molar-refractivity contribution in [1.29, 1.82) is 0 Å². The summed E-state index contributed by atoms with van der Waals surface area (Å²) < 4.78 is 67.2. The number of Topliss-reactive ketones (excluding diaryl/α,β-unsaturated/α-hetero) is 1. The van der Waals surface area contributed by atoms with E-state index in [-0.39, 0.29) is 0 Å². The Morgan fingerprint density at radius 2 is 1.43 bits per heavy atom. The maximum absolute atomic E-state index is 13.8. The van der Waals surface area contributed by atoms with Crippen molar-refractivity contribution in [1.82, 2.24) is 5.32 Å². The van der Waals surface area contributed by atoms with Gasteiger partial charge in [0, 0.05) is 6.20 Å². The number of hydrogen-bond donors (Lipinski definition) is 3. The number of aliphatic hydroxyl groups is 1. The van der Waals surface area contributed by atoms with E-state index >= 15 is 0 Å². The summed E-state index contributed by atoms with van der Waals surface area (Å²) in [4.78, 5) is 23.5. The number of carbonyl (C=O) groups is 2. The van der Waals surface area contributed by atoms with Gasteiger partial charge in [-0.05, 0) is 5.56 Å². The Labute approximate surface area is 154 Å². The first-order chi connectivity index (χ1) is 13.2. The SMILES string of the molecule is O=C(O)C(=CNC(CO)c1ccccc1)C(=O)c1c(F)c(F)c(F)c(F)c1F. The molecule has 0 aliphatic heterocycles. The van der Waals surface area contributed by atoms with Crippen LogP contribution in [-0.2, 0) is 4.79 Å². The number of aliphatic carboxylic acids is 1. The Bertz CT molecular complexity index is 918. The first-order valence-corrected chi connectivity index (χ1v) is 7.62. The van der Waals surface area contributed by atoms with Crippen LogP contribution in [0, 0.1) is 29.1 Å². The summed E-state index contributed by atoms with van der Waals surface area (Å²) >= 11 is 0. The van der Waals surface area contributed by atoms with Crippen LogP contribution < -0.4 is 5.32 Å². The first kappa shape index (κ1) is 21.0. The quantitative estimate of drug-likeness (QED) is 0.126. The standard InChI is InChI=1S/C18H12F5NO4/c19-12-11(13(20)15(22)16(23)14(12)21)17(26)9(18(27)28)6-24-10(7-25)8-4-2-1-3-5-8/h1-6,10,24-25H,7H2,(H,27,28). The molecule has 0 heterocycles. The molecule has 2 rings (SSSR count). The fourth-order valence-corrected chi connectivity index (χ4v) is 2.29. The molecule has 0 aromatic heterocycles. The molecule has 0 saturated heterocycles. The van der Waals surface area contributed by atoms with E-state index in [1.165, 1.54) is 0 Å². The smallest absolute Gasteiger partial charge is 0.341 e. The molecular formula is C18H12F5NO4. The average molecular weight is 401 g/mol. The lowest BCUT2D eigenvalue weighted by atomic mass is 10.0. The summed E-state index contributed by atoms with van der Waals surface area (Å²) in [6.45, 7) is -0.551. The summed E-state index contributed by atoms with van der Waals surface area (Å²) in [5, 5.41) is 20.9. The molecule has 0 saturated carbocycles. The Morgan fingerprint density at radius 3 is 1.89 bits per heavy atom. The minimum Gasteiger partial charge on any atom is -0.477 e. The molecule has 148 valence electrons. The third-order valence-corrected chi connectivity index (χ3v) is 3.73. The number of aliphatic hydroxyl groups excluding tert-OH is 1. The van der Waals surface area contributed by atoms with Crippen molar-refractivity contribution < 1.29 is 41.8 Å².